The predicted octanol–water partition coefficient (Wildman–Crippen LogP) is 4.21. The number of hydrogen-bond acceptors (Lipinski definition) is 3. The maximum atomic E-state index is 12.4. The van der Waals surface area contributed by atoms with Crippen LogP contribution >= 0.6 is 0 Å². The van der Waals surface area contributed by atoms with Gasteiger partial charge in [-0.15, -0.1) is 0 Å². The largest absolute Gasteiger partial charge is 0.461 e. The van der Waals surface area contributed by atoms with Crippen LogP contribution in [-0.4, -0.2) is 18.7 Å². The van der Waals surface area contributed by atoms with Crippen LogP contribution in [0.1, 0.15) is 56.3 Å². The van der Waals surface area contributed by atoms with Gasteiger partial charge in [0, 0.05) is 13.0 Å². The summed E-state index contributed by atoms with van der Waals surface area (Å²) in [5.41, 5.74) is 0.672. The Kier molecular flexibility index (Phi) is 4.81. The van der Waals surface area contributed by atoms with Crippen molar-refractivity contribution in [1.82, 2.24) is 0 Å². The molecule has 0 aromatic heterocycles. The van der Waals surface area contributed by atoms with E-state index in [1.165, 1.54) is 0 Å². The number of hydrogen-bond donors (Lipinski definition) is 0. The molecule has 20 heavy (non-hydrogen) atoms. The second-order valence-electron chi connectivity index (χ2n) is 5.46. The molecule has 0 radical (unpaired) electrons. The fourth-order valence-electron chi connectivity index (χ4n) is 3.02. The quantitative estimate of drug-likeness (QED) is 0.780. The number of carbonyl (C=O) groups excluding carboxylic acids is 1. The van der Waals surface area contributed by atoms with Gasteiger partial charge in [0.1, 0.15) is 5.75 Å². The molecule has 3 nitrogen and oxygen atoms in total. The number of carbonyl (C=O) groups is 1. The van der Waals surface area contributed by atoms with Crippen LogP contribution in [0.5, 0.6) is 5.75 Å². The average molecular weight is 276 g/mol. The lowest BCUT2D eigenvalue weighted by atomic mass is 9.84. The summed E-state index contributed by atoms with van der Waals surface area (Å²) in [6, 6.07) is 7.44. The van der Waals surface area contributed by atoms with Gasteiger partial charge < -0.3 is 9.47 Å². The molecule has 0 saturated carbocycles. The van der Waals surface area contributed by atoms with Crippen LogP contribution < -0.4 is 4.74 Å². The fourth-order valence-corrected chi connectivity index (χ4v) is 3.02. The van der Waals surface area contributed by atoms with E-state index in [0.717, 1.165) is 25.7 Å². The van der Waals surface area contributed by atoms with E-state index in [9.17, 15) is 4.79 Å². The average Bonchev–Trinajstić information content (AvgIpc) is 2.48. The van der Waals surface area contributed by atoms with Gasteiger partial charge >= 0.3 is 0 Å². The van der Waals surface area contributed by atoms with Gasteiger partial charge in [0.2, 0.25) is 5.79 Å². The van der Waals surface area contributed by atoms with Crippen molar-refractivity contribution >= 4 is 5.78 Å². The van der Waals surface area contributed by atoms with E-state index < -0.39 is 5.79 Å². The van der Waals surface area contributed by atoms with Crippen LogP contribution in [0.15, 0.2) is 24.3 Å². The number of ketones is 1. The summed E-state index contributed by atoms with van der Waals surface area (Å²) in [4.78, 5) is 12.4. The molecule has 2 rings (SSSR count). The molecule has 1 aromatic rings. The highest BCUT2D eigenvalue weighted by molar-refractivity contribution is 6.00. The van der Waals surface area contributed by atoms with Crippen LogP contribution in [0, 0.1) is 5.92 Å². The molecule has 0 amide bonds. The Morgan fingerprint density at radius 1 is 1.35 bits per heavy atom. The Hall–Kier alpha value is -1.35. The number of Topliss-reactive ketones (excluding diaryl/α,β-unsaturated/α-hetero) is 1. The van der Waals surface area contributed by atoms with Gasteiger partial charge in [-0.3, -0.25) is 4.79 Å². The molecular weight excluding hydrogens is 252 g/mol. The standard InChI is InChI=1S/C17H24O3/c1-4-6-9-13(5-2)17(19-3)12-15(18)14-10-7-8-11-16(14)20-17/h7-8,10-11,13H,4-6,9,12H2,1-3H3. The van der Waals surface area contributed by atoms with E-state index in [4.69, 9.17) is 9.47 Å². The van der Waals surface area contributed by atoms with Gasteiger partial charge in [0.05, 0.1) is 12.0 Å². The molecule has 1 aliphatic rings. The molecular formula is C17H24O3. The van der Waals surface area contributed by atoms with Gasteiger partial charge in [-0.05, 0) is 25.0 Å². The number of para-hydroxylation sites is 1. The molecule has 2 atom stereocenters. The van der Waals surface area contributed by atoms with Gasteiger partial charge in [-0.1, -0.05) is 38.8 Å². The number of ether oxygens (including phenoxy) is 2. The summed E-state index contributed by atoms with van der Waals surface area (Å²) in [5, 5.41) is 0. The van der Waals surface area contributed by atoms with Gasteiger partial charge in [0.15, 0.2) is 5.78 Å². The fraction of sp³-hybridized carbons (Fsp3) is 0.588. The minimum atomic E-state index is -0.796. The highest BCUT2D eigenvalue weighted by atomic mass is 16.7. The van der Waals surface area contributed by atoms with Crippen molar-refractivity contribution in [3.63, 3.8) is 0 Å². The van der Waals surface area contributed by atoms with Crippen molar-refractivity contribution in [2.75, 3.05) is 7.11 Å². The summed E-state index contributed by atoms with van der Waals surface area (Å²) in [6.45, 7) is 4.31. The third kappa shape index (κ3) is 2.73. The lowest BCUT2D eigenvalue weighted by Gasteiger charge is -2.42. The minimum absolute atomic E-state index is 0.114. The second kappa shape index (κ2) is 6.40. The van der Waals surface area contributed by atoms with Crippen LogP contribution in [-0.2, 0) is 4.74 Å². The molecule has 0 aliphatic carbocycles. The van der Waals surface area contributed by atoms with Crippen LogP contribution in [0.25, 0.3) is 0 Å². The zero-order chi connectivity index (χ0) is 14.6. The molecule has 0 N–H and O–H groups in total. The SMILES string of the molecule is CCCCC(CC)C1(OC)CC(=O)c2ccccc2O1. The molecule has 3 heteroatoms. The normalized spacial score (nSPS) is 23.1. The highest BCUT2D eigenvalue weighted by Gasteiger charge is 2.46. The summed E-state index contributed by atoms with van der Waals surface area (Å²) in [5.74, 6) is 0.212. The smallest absolute Gasteiger partial charge is 0.220 e. The molecule has 0 fully saturated rings. The number of benzene rings is 1. The Labute approximate surface area is 121 Å². The van der Waals surface area contributed by atoms with Crippen molar-refractivity contribution in [3.05, 3.63) is 29.8 Å². The Morgan fingerprint density at radius 2 is 2.10 bits per heavy atom. The minimum Gasteiger partial charge on any atom is -0.461 e. The summed E-state index contributed by atoms with van der Waals surface area (Å²) in [6.07, 6.45) is 4.55. The van der Waals surface area contributed by atoms with Gasteiger partial charge in [-0.2, -0.15) is 0 Å². The first kappa shape index (κ1) is 15.0. The van der Waals surface area contributed by atoms with Gasteiger partial charge in [0.25, 0.3) is 0 Å². The van der Waals surface area contributed by atoms with Crippen LogP contribution in [0.4, 0.5) is 0 Å². The van der Waals surface area contributed by atoms with Crippen molar-refractivity contribution in [2.24, 2.45) is 5.92 Å². The lowest BCUT2D eigenvalue weighted by Crippen LogP contribution is -2.49. The monoisotopic (exact) mass is 276 g/mol. The number of methoxy groups -OCH3 is 1. The third-order valence-corrected chi connectivity index (χ3v) is 4.24. The van der Waals surface area contributed by atoms with E-state index in [1.807, 2.05) is 24.3 Å². The Morgan fingerprint density at radius 3 is 2.75 bits per heavy atom. The maximum Gasteiger partial charge on any atom is 0.220 e. The first-order valence-corrected chi connectivity index (χ1v) is 7.53. The lowest BCUT2D eigenvalue weighted by molar-refractivity contribution is -0.204. The number of rotatable bonds is 6. The van der Waals surface area contributed by atoms with Gasteiger partial charge in [-0.25, -0.2) is 0 Å². The molecule has 1 heterocycles. The zero-order valence-corrected chi connectivity index (χ0v) is 12.6. The highest BCUT2D eigenvalue weighted by Crippen LogP contribution is 2.40. The van der Waals surface area contributed by atoms with Crippen LogP contribution in [0.3, 0.4) is 0 Å². The maximum absolute atomic E-state index is 12.4. The summed E-state index contributed by atoms with van der Waals surface area (Å²) < 4.78 is 11.9. The molecule has 110 valence electrons. The topological polar surface area (TPSA) is 35.5 Å². The van der Waals surface area contributed by atoms with Crippen molar-refractivity contribution < 1.29 is 14.3 Å². The third-order valence-electron chi connectivity index (χ3n) is 4.24. The van der Waals surface area contributed by atoms with Crippen molar-refractivity contribution in [1.29, 1.82) is 0 Å². The molecule has 0 saturated heterocycles. The van der Waals surface area contributed by atoms with Crippen molar-refractivity contribution in [3.8, 4) is 5.75 Å². The van der Waals surface area contributed by atoms with E-state index in [0.29, 0.717) is 17.7 Å². The first-order chi connectivity index (χ1) is 9.66. The second-order valence-corrected chi connectivity index (χ2v) is 5.46. The Balaban J connectivity index is 2.30. The number of fused-ring (bicyclic) bond motifs is 1. The molecule has 1 aliphatic heterocycles. The first-order valence-electron chi connectivity index (χ1n) is 7.53. The van der Waals surface area contributed by atoms with E-state index >= 15 is 0 Å². The molecule has 2 unspecified atom stereocenters. The molecule has 0 bridgehead atoms. The zero-order valence-electron chi connectivity index (χ0n) is 12.6. The van der Waals surface area contributed by atoms with E-state index in [1.54, 1.807) is 7.11 Å². The van der Waals surface area contributed by atoms with E-state index in [-0.39, 0.29) is 11.7 Å². The van der Waals surface area contributed by atoms with Crippen molar-refractivity contribution in [2.45, 2.75) is 51.7 Å². The van der Waals surface area contributed by atoms with E-state index in [2.05, 4.69) is 13.8 Å². The number of unbranched alkanes of at least 4 members (excludes halogenated alkanes) is 1. The summed E-state index contributed by atoms with van der Waals surface area (Å²) in [7, 11) is 1.65. The summed E-state index contributed by atoms with van der Waals surface area (Å²) >= 11 is 0. The van der Waals surface area contributed by atoms with Crippen LogP contribution in [0.2, 0.25) is 0 Å². The predicted molar refractivity (Wildman–Crippen MR) is 79.1 cm³/mol. The molecule has 0 spiro atoms. The Bertz CT molecular complexity index is 469. The molecule has 1 aromatic carbocycles.